The van der Waals surface area contributed by atoms with Crippen molar-refractivity contribution < 1.29 is 13.9 Å². The molecule has 0 aliphatic carbocycles. The van der Waals surface area contributed by atoms with E-state index < -0.39 is 0 Å². The van der Waals surface area contributed by atoms with Crippen LogP contribution in [0.25, 0.3) is 0 Å². The summed E-state index contributed by atoms with van der Waals surface area (Å²) in [6.45, 7) is 0.101. The molecule has 0 unspecified atom stereocenters. The van der Waals surface area contributed by atoms with Crippen LogP contribution in [0.15, 0.2) is 42.5 Å². The normalized spacial score (nSPS) is 10.1. The van der Waals surface area contributed by atoms with Crippen LogP contribution in [0.3, 0.4) is 0 Å². The summed E-state index contributed by atoms with van der Waals surface area (Å²) in [5.41, 5.74) is 6.86. The Morgan fingerprint density at radius 2 is 2.00 bits per heavy atom. The van der Waals surface area contributed by atoms with Gasteiger partial charge in [-0.25, -0.2) is 4.39 Å². The highest BCUT2D eigenvalue weighted by molar-refractivity contribution is 5.98. The number of nitrogen functional groups attached to an aromatic ring is 1. The number of amides is 1. The molecule has 0 bridgehead atoms. The SMILES string of the molecule is COc1c(N)cccc1C(=O)NCc1ccccc1F. The lowest BCUT2D eigenvalue weighted by Gasteiger charge is -2.11. The van der Waals surface area contributed by atoms with Crippen LogP contribution in [-0.2, 0) is 6.54 Å². The average Bonchev–Trinajstić information content (AvgIpc) is 2.46. The van der Waals surface area contributed by atoms with Crippen LogP contribution in [-0.4, -0.2) is 13.0 Å². The van der Waals surface area contributed by atoms with Crippen LogP contribution in [0.1, 0.15) is 15.9 Å². The number of benzene rings is 2. The van der Waals surface area contributed by atoms with E-state index >= 15 is 0 Å². The zero-order chi connectivity index (χ0) is 14.5. The monoisotopic (exact) mass is 274 g/mol. The van der Waals surface area contributed by atoms with Crippen LogP contribution in [0.2, 0.25) is 0 Å². The van der Waals surface area contributed by atoms with E-state index in [0.717, 1.165) is 0 Å². The molecule has 0 radical (unpaired) electrons. The Labute approximate surface area is 116 Å². The number of carbonyl (C=O) groups excluding carboxylic acids is 1. The summed E-state index contributed by atoms with van der Waals surface area (Å²) >= 11 is 0. The summed E-state index contributed by atoms with van der Waals surface area (Å²) in [7, 11) is 1.44. The molecule has 0 aromatic heterocycles. The quantitative estimate of drug-likeness (QED) is 0.841. The minimum absolute atomic E-state index is 0.101. The maximum atomic E-state index is 13.5. The van der Waals surface area contributed by atoms with Crippen LogP contribution >= 0.6 is 0 Å². The van der Waals surface area contributed by atoms with Crippen molar-refractivity contribution in [3.8, 4) is 5.75 Å². The molecule has 104 valence electrons. The Hall–Kier alpha value is -2.56. The number of anilines is 1. The second-order valence-electron chi connectivity index (χ2n) is 4.20. The number of hydrogen-bond donors (Lipinski definition) is 2. The van der Waals surface area contributed by atoms with Gasteiger partial charge in [-0.2, -0.15) is 0 Å². The fourth-order valence-corrected chi connectivity index (χ4v) is 1.87. The van der Waals surface area contributed by atoms with E-state index in [9.17, 15) is 9.18 Å². The molecule has 4 nitrogen and oxygen atoms in total. The van der Waals surface area contributed by atoms with Crippen molar-refractivity contribution in [3.05, 3.63) is 59.4 Å². The molecule has 2 rings (SSSR count). The third-order valence-electron chi connectivity index (χ3n) is 2.89. The standard InChI is InChI=1S/C15H15FN2O2/c1-20-14-11(6-4-8-13(14)17)15(19)18-9-10-5-2-3-7-12(10)16/h2-8H,9,17H2,1H3,(H,18,19). The van der Waals surface area contributed by atoms with E-state index in [1.165, 1.54) is 13.2 Å². The molecule has 0 heterocycles. The third kappa shape index (κ3) is 2.88. The minimum Gasteiger partial charge on any atom is -0.494 e. The maximum Gasteiger partial charge on any atom is 0.255 e. The molecule has 3 N–H and O–H groups in total. The predicted molar refractivity (Wildman–Crippen MR) is 75.0 cm³/mol. The smallest absolute Gasteiger partial charge is 0.255 e. The van der Waals surface area contributed by atoms with Crippen LogP contribution < -0.4 is 15.8 Å². The van der Waals surface area contributed by atoms with Crippen LogP contribution in [0.5, 0.6) is 5.75 Å². The van der Waals surface area contributed by atoms with Crippen LogP contribution in [0, 0.1) is 5.82 Å². The van der Waals surface area contributed by atoms with Crippen molar-refractivity contribution in [2.24, 2.45) is 0 Å². The zero-order valence-corrected chi connectivity index (χ0v) is 11.0. The molecule has 1 amide bonds. The number of nitrogens with two attached hydrogens (primary N) is 1. The first-order valence-corrected chi connectivity index (χ1v) is 6.07. The molecule has 0 spiro atoms. The summed E-state index contributed by atoms with van der Waals surface area (Å²) in [6.07, 6.45) is 0. The number of methoxy groups -OCH3 is 1. The van der Waals surface area contributed by atoms with Gasteiger partial charge >= 0.3 is 0 Å². The fourth-order valence-electron chi connectivity index (χ4n) is 1.87. The number of nitrogens with one attached hydrogen (secondary N) is 1. The molecule has 2 aromatic rings. The first-order chi connectivity index (χ1) is 9.63. The van der Waals surface area contributed by atoms with Gasteiger partial charge in [-0.05, 0) is 18.2 Å². The summed E-state index contributed by atoms with van der Waals surface area (Å²) in [4.78, 5) is 12.1. The van der Waals surface area contributed by atoms with Crippen molar-refractivity contribution in [2.45, 2.75) is 6.54 Å². The number of halogens is 1. The molecule has 0 aliphatic rings. The molecule has 5 heteroatoms. The highest BCUT2D eigenvalue weighted by Gasteiger charge is 2.14. The summed E-state index contributed by atoms with van der Waals surface area (Å²) in [6, 6.07) is 11.2. The molecule has 0 aliphatic heterocycles. The van der Waals surface area contributed by atoms with E-state index in [-0.39, 0.29) is 18.3 Å². The Balaban J connectivity index is 2.14. The molecule has 0 saturated heterocycles. The maximum absolute atomic E-state index is 13.5. The Morgan fingerprint density at radius 1 is 1.25 bits per heavy atom. The van der Waals surface area contributed by atoms with E-state index in [2.05, 4.69) is 5.32 Å². The minimum atomic E-state index is -0.364. The van der Waals surface area contributed by atoms with Crippen LogP contribution in [0.4, 0.5) is 10.1 Å². The Morgan fingerprint density at radius 3 is 2.70 bits per heavy atom. The second-order valence-corrected chi connectivity index (χ2v) is 4.20. The molecule has 0 atom stereocenters. The van der Waals surface area contributed by atoms with Gasteiger partial charge in [0.1, 0.15) is 5.82 Å². The molecule has 0 saturated carbocycles. The lowest BCUT2D eigenvalue weighted by Crippen LogP contribution is -2.24. The van der Waals surface area contributed by atoms with Gasteiger partial charge in [-0.3, -0.25) is 4.79 Å². The number of para-hydroxylation sites is 1. The van der Waals surface area contributed by atoms with Gasteiger partial charge in [0.15, 0.2) is 5.75 Å². The first-order valence-electron chi connectivity index (χ1n) is 6.07. The molecular weight excluding hydrogens is 259 g/mol. The van der Waals surface area contributed by atoms with Gasteiger partial charge in [0.25, 0.3) is 5.91 Å². The summed E-state index contributed by atoms with van der Waals surface area (Å²) in [5.74, 6) is -0.400. The fraction of sp³-hybridized carbons (Fsp3) is 0.133. The van der Waals surface area contributed by atoms with Gasteiger partial charge in [0.2, 0.25) is 0 Å². The molecular formula is C15H15FN2O2. The van der Waals surface area contributed by atoms with Crippen molar-refractivity contribution in [1.29, 1.82) is 0 Å². The van der Waals surface area contributed by atoms with Gasteiger partial charge in [-0.15, -0.1) is 0 Å². The van der Waals surface area contributed by atoms with Gasteiger partial charge in [0, 0.05) is 12.1 Å². The molecule has 2 aromatic carbocycles. The van der Waals surface area contributed by atoms with Crippen molar-refractivity contribution in [1.82, 2.24) is 5.32 Å². The molecule has 0 fully saturated rings. The van der Waals surface area contributed by atoms with Gasteiger partial charge < -0.3 is 15.8 Å². The van der Waals surface area contributed by atoms with Crippen molar-refractivity contribution >= 4 is 11.6 Å². The van der Waals surface area contributed by atoms with E-state index in [4.69, 9.17) is 10.5 Å². The van der Waals surface area contributed by atoms with Gasteiger partial charge in [0.05, 0.1) is 18.4 Å². The number of hydrogen-bond acceptors (Lipinski definition) is 3. The Kier molecular flexibility index (Phi) is 4.20. The predicted octanol–water partition coefficient (Wildman–Crippen LogP) is 2.35. The molecule has 20 heavy (non-hydrogen) atoms. The van der Waals surface area contributed by atoms with E-state index in [0.29, 0.717) is 22.6 Å². The summed E-state index contributed by atoms with van der Waals surface area (Å²) in [5, 5.41) is 2.64. The second kappa shape index (κ2) is 6.06. The lowest BCUT2D eigenvalue weighted by molar-refractivity contribution is 0.0947. The first kappa shape index (κ1) is 13.9. The van der Waals surface area contributed by atoms with Crippen molar-refractivity contribution in [2.75, 3.05) is 12.8 Å². The number of ether oxygens (including phenoxy) is 1. The largest absolute Gasteiger partial charge is 0.494 e. The zero-order valence-electron chi connectivity index (χ0n) is 11.0. The topological polar surface area (TPSA) is 64.3 Å². The van der Waals surface area contributed by atoms with E-state index in [1.807, 2.05) is 0 Å². The van der Waals surface area contributed by atoms with Crippen molar-refractivity contribution in [3.63, 3.8) is 0 Å². The average molecular weight is 274 g/mol. The lowest BCUT2D eigenvalue weighted by atomic mass is 10.1. The summed E-state index contributed by atoms with van der Waals surface area (Å²) < 4.78 is 18.6. The number of carbonyl (C=O) groups is 1. The highest BCUT2D eigenvalue weighted by Crippen LogP contribution is 2.25. The van der Waals surface area contributed by atoms with Gasteiger partial charge in [-0.1, -0.05) is 24.3 Å². The van der Waals surface area contributed by atoms with E-state index in [1.54, 1.807) is 36.4 Å². The number of rotatable bonds is 4. The highest BCUT2D eigenvalue weighted by atomic mass is 19.1. The Bertz CT molecular complexity index is 629. The third-order valence-corrected chi connectivity index (χ3v) is 2.89.